The zero-order valence-electron chi connectivity index (χ0n) is 11.8. The van der Waals surface area contributed by atoms with Gasteiger partial charge in [0, 0.05) is 17.6 Å². The summed E-state index contributed by atoms with van der Waals surface area (Å²) in [4.78, 5) is 13.1. The maximum Gasteiger partial charge on any atom is 0.307 e. The normalized spacial score (nSPS) is 14.4. The van der Waals surface area contributed by atoms with E-state index in [9.17, 15) is 4.79 Å². The van der Waals surface area contributed by atoms with Crippen LogP contribution in [0, 0.1) is 5.92 Å². The monoisotopic (exact) mass is 283 g/mol. The van der Waals surface area contributed by atoms with Gasteiger partial charge in [0.1, 0.15) is 0 Å². The third-order valence-electron chi connectivity index (χ3n) is 3.40. The molecule has 2 unspecified atom stereocenters. The summed E-state index contributed by atoms with van der Waals surface area (Å²) in [5, 5.41) is 9.73. The molecule has 19 heavy (non-hydrogen) atoms. The molecule has 0 aromatic heterocycles. The number of hydrogen-bond acceptors (Lipinski definition) is 2. The first-order valence-corrected chi connectivity index (χ1v) is 7.03. The summed E-state index contributed by atoms with van der Waals surface area (Å²) in [6.45, 7) is 7.38. The average molecular weight is 284 g/mol. The van der Waals surface area contributed by atoms with Crippen LogP contribution in [0.5, 0.6) is 0 Å². The van der Waals surface area contributed by atoms with Gasteiger partial charge in [0.25, 0.3) is 0 Å². The van der Waals surface area contributed by atoms with E-state index in [1.54, 1.807) is 6.92 Å². The van der Waals surface area contributed by atoms with E-state index in [4.69, 9.17) is 16.7 Å². The molecular formula is C15H22ClNO2. The molecule has 0 spiro atoms. The van der Waals surface area contributed by atoms with Crippen LogP contribution in [0.4, 0.5) is 0 Å². The van der Waals surface area contributed by atoms with Crippen molar-refractivity contribution in [3.63, 3.8) is 0 Å². The van der Waals surface area contributed by atoms with Crippen LogP contribution >= 0.6 is 11.6 Å². The summed E-state index contributed by atoms with van der Waals surface area (Å²) in [7, 11) is 0. The number of carbonyl (C=O) groups is 1. The molecule has 0 radical (unpaired) electrons. The maximum absolute atomic E-state index is 10.9. The van der Waals surface area contributed by atoms with Gasteiger partial charge >= 0.3 is 5.97 Å². The quantitative estimate of drug-likeness (QED) is 0.834. The molecule has 0 heterocycles. The average Bonchev–Trinajstić information content (AvgIpc) is 2.38. The van der Waals surface area contributed by atoms with Crippen LogP contribution in [0.1, 0.15) is 26.3 Å². The van der Waals surface area contributed by atoms with Crippen molar-refractivity contribution >= 4 is 17.6 Å². The topological polar surface area (TPSA) is 40.5 Å². The number of carboxylic acid groups (broad SMARTS) is 1. The smallest absolute Gasteiger partial charge is 0.307 e. The Morgan fingerprint density at radius 3 is 2.37 bits per heavy atom. The number of likely N-dealkylation sites (N-methyl/N-ethyl adjacent to an activating group) is 1. The molecule has 0 bridgehead atoms. The van der Waals surface area contributed by atoms with E-state index in [1.165, 1.54) is 5.56 Å². The highest BCUT2D eigenvalue weighted by Crippen LogP contribution is 2.14. The van der Waals surface area contributed by atoms with Gasteiger partial charge in [-0.1, -0.05) is 37.6 Å². The van der Waals surface area contributed by atoms with Gasteiger partial charge < -0.3 is 5.11 Å². The molecule has 0 aliphatic rings. The van der Waals surface area contributed by atoms with Gasteiger partial charge in [0.05, 0.1) is 5.92 Å². The summed E-state index contributed by atoms with van der Waals surface area (Å²) in [6.07, 6.45) is 0.900. The lowest BCUT2D eigenvalue weighted by molar-refractivity contribution is -0.141. The molecule has 1 N–H and O–H groups in total. The van der Waals surface area contributed by atoms with Gasteiger partial charge in [-0.05, 0) is 37.6 Å². The van der Waals surface area contributed by atoms with Gasteiger partial charge in [0.15, 0.2) is 0 Å². The number of rotatable bonds is 7. The molecule has 1 aromatic rings. The Hall–Kier alpha value is -1.06. The molecule has 4 heteroatoms. The number of benzene rings is 1. The van der Waals surface area contributed by atoms with Crippen molar-refractivity contribution in [2.24, 2.45) is 5.92 Å². The molecule has 2 atom stereocenters. The van der Waals surface area contributed by atoms with E-state index in [-0.39, 0.29) is 5.92 Å². The van der Waals surface area contributed by atoms with Gasteiger partial charge in [-0.2, -0.15) is 0 Å². The number of hydrogen-bond donors (Lipinski definition) is 1. The summed E-state index contributed by atoms with van der Waals surface area (Å²) >= 11 is 5.87. The fourth-order valence-corrected chi connectivity index (χ4v) is 2.27. The highest BCUT2D eigenvalue weighted by Gasteiger charge is 2.19. The lowest BCUT2D eigenvalue weighted by Gasteiger charge is -2.29. The highest BCUT2D eigenvalue weighted by atomic mass is 35.5. The van der Waals surface area contributed by atoms with E-state index in [0.29, 0.717) is 12.6 Å². The minimum absolute atomic E-state index is 0.313. The van der Waals surface area contributed by atoms with Crippen LogP contribution in [-0.4, -0.2) is 35.1 Å². The van der Waals surface area contributed by atoms with E-state index in [0.717, 1.165) is 18.0 Å². The molecule has 106 valence electrons. The number of halogens is 1. The van der Waals surface area contributed by atoms with Gasteiger partial charge in [0.2, 0.25) is 0 Å². The predicted octanol–water partition coefficient (Wildman–Crippen LogP) is 3.31. The Balaban J connectivity index is 2.60. The third-order valence-corrected chi connectivity index (χ3v) is 3.66. The minimum atomic E-state index is -0.739. The second-order valence-corrected chi connectivity index (χ2v) is 5.44. The second kappa shape index (κ2) is 7.51. The van der Waals surface area contributed by atoms with E-state index >= 15 is 0 Å². The Morgan fingerprint density at radius 1 is 1.32 bits per heavy atom. The van der Waals surface area contributed by atoms with Crippen LogP contribution in [0.15, 0.2) is 24.3 Å². The van der Waals surface area contributed by atoms with Crippen molar-refractivity contribution in [3.8, 4) is 0 Å². The Morgan fingerprint density at radius 2 is 1.89 bits per heavy atom. The van der Waals surface area contributed by atoms with Gasteiger partial charge in [-0.3, -0.25) is 9.69 Å². The summed E-state index contributed by atoms with van der Waals surface area (Å²) < 4.78 is 0. The third kappa shape index (κ3) is 5.21. The minimum Gasteiger partial charge on any atom is -0.481 e. The van der Waals surface area contributed by atoms with Crippen molar-refractivity contribution in [1.82, 2.24) is 4.90 Å². The lowest BCUT2D eigenvalue weighted by atomic mass is 10.0. The van der Waals surface area contributed by atoms with Crippen molar-refractivity contribution in [2.45, 2.75) is 33.2 Å². The molecule has 0 aliphatic carbocycles. The molecule has 1 rings (SSSR count). The Kier molecular flexibility index (Phi) is 6.32. The van der Waals surface area contributed by atoms with Crippen molar-refractivity contribution in [1.29, 1.82) is 0 Å². The molecule has 0 saturated carbocycles. The van der Waals surface area contributed by atoms with E-state index in [1.807, 2.05) is 24.3 Å². The molecule has 1 aromatic carbocycles. The van der Waals surface area contributed by atoms with Crippen LogP contribution in [0.3, 0.4) is 0 Å². The summed E-state index contributed by atoms with van der Waals surface area (Å²) in [6, 6.07) is 8.13. The summed E-state index contributed by atoms with van der Waals surface area (Å²) in [5.41, 5.74) is 1.22. The second-order valence-electron chi connectivity index (χ2n) is 5.01. The van der Waals surface area contributed by atoms with Crippen LogP contribution in [-0.2, 0) is 11.2 Å². The van der Waals surface area contributed by atoms with Crippen LogP contribution in [0.2, 0.25) is 5.02 Å². The largest absolute Gasteiger partial charge is 0.481 e. The lowest BCUT2D eigenvalue weighted by Crippen LogP contribution is -2.39. The van der Waals surface area contributed by atoms with E-state index < -0.39 is 5.97 Å². The molecule has 0 fully saturated rings. The van der Waals surface area contributed by atoms with Crippen molar-refractivity contribution in [3.05, 3.63) is 34.9 Å². The number of nitrogens with zero attached hydrogens (tertiary/aromatic N) is 1. The fraction of sp³-hybridized carbons (Fsp3) is 0.533. The molecule has 0 amide bonds. The van der Waals surface area contributed by atoms with Gasteiger partial charge in [-0.25, -0.2) is 0 Å². The molecule has 0 saturated heterocycles. The Labute approximate surface area is 120 Å². The number of aliphatic carboxylic acids is 1. The SMILES string of the molecule is CCN(CC(C)C(=O)O)C(C)Cc1ccc(Cl)cc1. The van der Waals surface area contributed by atoms with Crippen molar-refractivity contribution < 1.29 is 9.90 Å². The Bertz CT molecular complexity index is 405. The first-order chi connectivity index (χ1) is 8.93. The zero-order valence-corrected chi connectivity index (χ0v) is 12.5. The van der Waals surface area contributed by atoms with E-state index in [2.05, 4.69) is 18.7 Å². The van der Waals surface area contributed by atoms with Gasteiger partial charge in [-0.15, -0.1) is 0 Å². The first-order valence-electron chi connectivity index (χ1n) is 6.65. The zero-order chi connectivity index (χ0) is 14.4. The summed E-state index contributed by atoms with van der Waals surface area (Å²) in [5.74, 6) is -1.08. The highest BCUT2D eigenvalue weighted by molar-refractivity contribution is 6.30. The number of carboxylic acids is 1. The molecular weight excluding hydrogens is 262 g/mol. The maximum atomic E-state index is 10.9. The standard InChI is InChI=1S/C15H22ClNO2/c1-4-17(10-11(2)15(18)19)12(3)9-13-5-7-14(16)8-6-13/h5-8,11-12H,4,9-10H2,1-3H3,(H,18,19). The fourth-order valence-electron chi connectivity index (χ4n) is 2.14. The van der Waals surface area contributed by atoms with Crippen molar-refractivity contribution in [2.75, 3.05) is 13.1 Å². The van der Waals surface area contributed by atoms with Crippen LogP contribution < -0.4 is 0 Å². The predicted molar refractivity (Wildman–Crippen MR) is 78.7 cm³/mol. The molecule has 0 aliphatic heterocycles. The van der Waals surface area contributed by atoms with Crippen LogP contribution in [0.25, 0.3) is 0 Å². The molecule has 3 nitrogen and oxygen atoms in total. The first kappa shape index (κ1) is 16.0.